The van der Waals surface area contributed by atoms with Gasteiger partial charge in [0.15, 0.2) is 5.16 Å². The number of hydrogen-bond acceptors (Lipinski definition) is 7. The van der Waals surface area contributed by atoms with E-state index in [0.29, 0.717) is 10.9 Å². The molecule has 0 aliphatic heterocycles. The number of aromatic amines is 1. The highest BCUT2D eigenvalue weighted by atomic mass is 32.2. The van der Waals surface area contributed by atoms with Crippen LogP contribution in [0.5, 0.6) is 5.75 Å². The van der Waals surface area contributed by atoms with Gasteiger partial charge in [0.2, 0.25) is 5.91 Å². The molecule has 10 nitrogen and oxygen atoms in total. The van der Waals surface area contributed by atoms with Gasteiger partial charge in [-0.15, -0.1) is 0 Å². The number of H-pyrrole nitrogens is 1. The minimum atomic E-state index is -0.580. The molecule has 0 bridgehead atoms. The van der Waals surface area contributed by atoms with Crippen LogP contribution in [0.25, 0.3) is 11.0 Å². The second-order valence-corrected chi connectivity index (χ2v) is 6.48. The zero-order valence-corrected chi connectivity index (χ0v) is 15.4. The van der Waals surface area contributed by atoms with E-state index in [0.717, 1.165) is 11.0 Å². The molecule has 0 spiro atoms. The Morgan fingerprint density at radius 3 is 2.64 bits per heavy atom. The quantitative estimate of drug-likeness (QED) is 0.326. The van der Waals surface area contributed by atoms with E-state index in [4.69, 9.17) is 4.74 Å². The maximum absolute atomic E-state index is 11.9. The molecule has 3 aromatic rings. The van der Waals surface area contributed by atoms with E-state index in [-0.39, 0.29) is 17.0 Å². The first-order valence-electron chi connectivity index (χ1n) is 7.96. The van der Waals surface area contributed by atoms with Crippen molar-refractivity contribution in [3.05, 3.63) is 58.1 Å². The van der Waals surface area contributed by atoms with Crippen molar-refractivity contribution in [2.45, 2.75) is 5.16 Å². The lowest BCUT2D eigenvalue weighted by Gasteiger charge is -2.06. The van der Waals surface area contributed by atoms with Gasteiger partial charge in [-0.25, -0.2) is 4.98 Å². The van der Waals surface area contributed by atoms with Crippen LogP contribution in [0.4, 0.5) is 5.69 Å². The number of benzene rings is 2. The monoisotopic (exact) mass is 401 g/mol. The zero-order chi connectivity index (χ0) is 20.1. The first-order chi connectivity index (χ1) is 13.5. The van der Waals surface area contributed by atoms with Crippen LogP contribution in [-0.4, -0.2) is 39.6 Å². The molecule has 3 rings (SSSR count). The van der Waals surface area contributed by atoms with Gasteiger partial charge in [-0.1, -0.05) is 11.8 Å². The Hall–Kier alpha value is -3.60. The first-order valence-corrected chi connectivity index (χ1v) is 8.95. The second-order valence-electron chi connectivity index (χ2n) is 5.52. The number of nitro benzene ring substituents is 1. The van der Waals surface area contributed by atoms with Gasteiger partial charge in [-0.05, 0) is 24.3 Å². The molecule has 28 heavy (non-hydrogen) atoms. The van der Waals surface area contributed by atoms with Crippen molar-refractivity contribution in [1.29, 1.82) is 0 Å². The van der Waals surface area contributed by atoms with E-state index < -0.39 is 16.7 Å². The summed E-state index contributed by atoms with van der Waals surface area (Å²) in [5.74, 6) is -0.293. The average Bonchev–Trinajstić information content (AvgIpc) is 3.12. The number of thioether (sulfide) groups is 1. The summed E-state index contributed by atoms with van der Waals surface area (Å²) in [5.41, 5.74) is 6.13. The molecule has 1 aromatic heterocycles. The number of nitrogens with one attached hydrogen (secondary N) is 3. The third-order valence-corrected chi connectivity index (χ3v) is 4.54. The molecule has 2 aromatic carbocycles. The molecule has 0 saturated heterocycles. The molecule has 0 saturated carbocycles. The van der Waals surface area contributed by atoms with Crippen molar-refractivity contribution in [2.24, 2.45) is 0 Å². The number of ether oxygens (including phenoxy) is 1. The molecular weight excluding hydrogens is 386 g/mol. The Labute approximate surface area is 162 Å². The predicted molar refractivity (Wildman–Crippen MR) is 102 cm³/mol. The Balaban J connectivity index is 1.50. The highest BCUT2D eigenvalue weighted by Crippen LogP contribution is 2.22. The number of aromatic nitrogens is 2. The Kier molecular flexibility index (Phi) is 5.75. The number of imidazole rings is 1. The number of nitrogens with zero attached hydrogens (tertiary/aromatic N) is 2. The number of hydrazine groups is 1. The number of methoxy groups -OCH3 is 1. The van der Waals surface area contributed by atoms with Crippen LogP contribution in [0, 0.1) is 10.1 Å². The van der Waals surface area contributed by atoms with E-state index >= 15 is 0 Å². The fourth-order valence-electron chi connectivity index (χ4n) is 2.26. The molecule has 144 valence electrons. The van der Waals surface area contributed by atoms with Crippen LogP contribution in [-0.2, 0) is 4.79 Å². The molecule has 0 aliphatic rings. The normalized spacial score (nSPS) is 10.5. The molecule has 0 unspecified atom stereocenters. The summed E-state index contributed by atoms with van der Waals surface area (Å²) >= 11 is 1.17. The molecule has 11 heteroatoms. The predicted octanol–water partition coefficient (Wildman–Crippen LogP) is 2.03. The Morgan fingerprint density at radius 1 is 1.21 bits per heavy atom. The van der Waals surface area contributed by atoms with Gasteiger partial charge < -0.3 is 9.72 Å². The summed E-state index contributed by atoms with van der Waals surface area (Å²) in [6.07, 6.45) is 0. The number of non-ortho nitro benzene ring substituents is 1. The molecule has 1 heterocycles. The van der Waals surface area contributed by atoms with Crippen molar-refractivity contribution >= 4 is 40.3 Å². The average molecular weight is 401 g/mol. The van der Waals surface area contributed by atoms with Crippen molar-refractivity contribution in [3.63, 3.8) is 0 Å². The highest BCUT2D eigenvalue weighted by Gasteiger charge is 2.11. The summed E-state index contributed by atoms with van der Waals surface area (Å²) in [7, 11) is 1.57. The van der Waals surface area contributed by atoms with Crippen LogP contribution in [0.2, 0.25) is 0 Å². The van der Waals surface area contributed by atoms with Gasteiger partial charge in [0, 0.05) is 23.8 Å². The van der Waals surface area contributed by atoms with Gasteiger partial charge >= 0.3 is 0 Å². The smallest absolute Gasteiger partial charge is 0.269 e. The van der Waals surface area contributed by atoms with Crippen LogP contribution >= 0.6 is 11.8 Å². The van der Waals surface area contributed by atoms with Crippen LogP contribution in [0.3, 0.4) is 0 Å². The minimum Gasteiger partial charge on any atom is -0.497 e. The lowest BCUT2D eigenvalue weighted by molar-refractivity contribution is -0.384. The third-order valence-electron chi connectivity index (χ3n) is 3.66. The maximum atomic E-state index is 11.9. The number of nitro groups is 1. The lowest BCUT2D eigenvalue weighted by atomic mass is 10.2. The maximum Gasteiger partial charge on any atom is 0.269 e. The number of carbonyl (C=O) groups is 2. The van der Waals surface area contributed by atoms with Gasteiger partial charge in [-0.2, -0.15) is 0 Å². The van der Waals surface area contributed by atoms with Gasteiger partial charge in [0.25, 0.3) is 11.6 Å². The highest BCUT2D eigenvalue weighted by molar-refractivity contribution is 7.99. The zero-order valence-electron chi connectivity index (χ0n) is 14.6. The Morgan fingerprint density at radius 2 is 1.96 bits per heavy atom. The summed E-state index contributed by atoms with van der Waals surface area (Å²) in [6, 6.07) is 10.4. The van der Waals surface area contributed by atoms with Crippen LogP contribution < -0.4 is 15.6 Å². The molecule has 3 N–H and O–H groups in total. The van der Waals surface area contributed by atoms with E-state index in [1.165, 1.54) is 36.0 Å². The van der Waals surface area contributed by atoms with Crippen molar-refractivity contribution in [3.8, 4) is 5.75 Å². The summed E-state index contributed by atoms with van der Waals surface area (Å²) in [6.45, 7) is 0. The molecule has 0 aliphatic carbocycles. The number of amides is 2. The molecule has 0 radical (unpaired) electrons. The SMILES string of the molecule is COc1ccc2nc(SCC(=O)NNC(=O)c3ccc([N+](=O)[O-])cc3)[nH]c2c1. The van der Waals surface area contributed by atoms with Gasteiger partial charge in [0.05, 0.1) is 28.8 Å². The standard InChI is InChI=1S/C17H15N5O5S/c1-27-12-6-7-13-14(8-12)19-17(18-13)28-9-15(23)20-21-16(24)10-2-4-11(5-3-10)22(25)26/h2-8H,9H2,1H3,(H,18,19)(H,20,23)(H,21,24). The molecule has 0 fully saturated rings. The number of carbonyl (C=O) groups excluding carboxylic acids is 2. The number of rotatable bonds is 6. The summed E-state index contributed by atoms with van der Waals surface area (Å²) in [5, 5.41) is 11.2. The molecule has 2 amide bonds. The van der Waals surface area contributed by atoms with Gasteiger partial charge in [-0.3, -0.25) is 30.6 Å². The van der Waals surface area contributed by atoms with Crippen LogP contribution in [0.15, 0.2) is 47.6 Å². The topological polar surface area (TPSA) is 139 Å². The van der Waals surface area contributed by atoms with E-state index in [1.807, 2.05) is 0 Å². The van der Waals surface area contributed by atoms with E-state index in [9.17, 15) is 19.7 Å². The van der Waals surface area contributed by atoms with E-state index in [2.05, 4.69) is 20.8 Å². The van der Waals surface area contributed by atoms with Crippen molar-refractivity contribution in [1.82, 2.24) is 20.8 Å². The van der Waals surface area contributed by atoms with Crippen molar-refractivity contribution in [2.75, 3.05) is 12.9 Å². The lowest BCUT2D eigenvalue weighted by Crippen LogP contribution is -2.42. The molecule has 0 atom stereocenters. The first kappa shape index (κ1) is 19.2. The minimum absolute atomic E-state index is 0.0253. The number of fused-ring (bicyclic) bond motifs is 1. The van der Waals surface area contributed by atoms with Crippen LogP contribution in [0.1, 0.15) is 10.4 Å². The van der Waals surface area contributed by atoms with Crippen molar-refractivity contribution < 1.29 is 19.2 Å². The third kappa shape index (κ3) is 4.57. The second kappa shape index (κ2) is 8.39. The molecular formula is C17H15N5O5S. The largest absolute Gasteiger partial charge is 0.497 e. The summed E-state index contributed by atoms with van der Waals surface area (Å²) in [4.78, 5) is 41.3. The summed E-state index contributed by atoms with van der Waals surface area (Å²) < 4.78 is 5.15. The van der Waals surface area contributed by atoms with E-state index in [1.54, 1.807) is 25.3 Å². The fraction of sp³-hybridized carbons (Fsp3) is 0.118. The number of hydrogen-bond donors (Lipinski definition) is 3. The van der Waals surface area contributed by atoms with Gasteiger partial charge in [0.1, 0.15) is 5.75 Å². The Bertz CT molecular complexity index is 1030. The fourth-order valence-corrected chi connectivity index (χ4v) is 2.95.